The van der Waals surface area contributed by atoms with Crippen molar-refractivity contribution in [1.82, 2.24) is 0 Å². The first-order chi connectivity index (χ1) is 31.0. The zero-order chi connectivity index (χ0) is 46.9. The molecule has 3 saturated heterocycles. The molecule has 7 rings (SSSR count). The van der Waals surface area contributed by atoms with Crippen LogP contribution in [-0.4, -0.2) is 184 Å². The number of hydrogen-bond acceptors (Lipinski definition) is 23. The van der Waals surface area contributed by atoms with Gasteiger partial charge < -0.3 is 104 Å². The molecule has 3 aromatic carbocycles. The first-order valence-electron chi connectivity index (χ1n) is 19.9. The second-order valence-corrected chi connectivity index (χ2v) is 15.2. The molecular weight excluding hydrogens is 872 g/mol. The van der Waals surface area contributed by atoms with E-state index in [1.807, 2.05) is 0 Å². The van der Waals surface area contributed by atoms with Gasteiger partial charge in [0.2, 0.25) is 23.8 Å². The highest BCUT2D eigenvalue weighted by molar-refractivity contribution is 5.88. The smallest absolute Gasteiger partial charge is 0.331 e. The zero-order valence-electron chi connectivity index (χ0n) is 33.6. The number of aromatic hydroxyl groups is 3. The lowest BCUT2D eigenvalue weighted by molar-refractivity contribution is -0.358. The molecule has 3 aliphatic rings. The number of hydrogen-bond donors (Lipinski definition) is 13. The van der Waals surface area contributed by atoms with Crippen LogP contribution in [0.2, 0.25) is 0 Å². The van der Waals surface area contributed by atoms with Gasteiger partial charge in [0.05, 0.1) is 19.8 Å². The first-order valence-corrected chi connectivity index (χ1v) is 19.9. The van der Waals surface area contributed by atoms with Crippen LogP contribution in [0.25, 0.3) is 28.4 Å². The largest absolute Gasteiger partial charge is 0.508 e. The quantitative estimate of drug-likeness (QED) is 0.0470. The maximum atomic E-state index is 14.5. The second kappa shape index (κ2) is 19.9. The molecule has 0 spiro atoms. The Hall–Kier alpha value is -5.48. The highest BCUT2D eigenvalue weighted by atomic mass is 16.8. The lowest BCUT2D eigenvalue weighted by Crippen LogP contribution is -2.65. The zero-order valence-corrected chi connectivity index (χ0v) is 33.6. The standard InChI is InChI=1S/C42H46O23/c43-13-23-28(50)32(54)35(57)40(60-23)58-20-11-21(48)27-22(12-20)59-36(17-4-8-19(47)9-5-17)37(31(27)53)64-42-39(34(56)30(52)25(15-45)62-42)65-41-38(33(55)29(51)24(14-44)61-41)63-26(49)10-3-16-1-6-18(46)7-2-16/h1-12,23-25,28-30,32-35,38-48,50-52,54-57H,13-15H2. The summed E-state index contributed by atoms with van der Waals surface area (Å²) in [5, 5.41) is 135. The van der Waals surface area contributed by atoms with Gasteiger partial charge >= 0.3 is 5.97 Å². The lowest BCUT2D eigenvalue weighted by Gasteiger charge is -2.46. The Morgan fingerprint density at radius 1 is 0.615 bits per heavy atom. The fourth-order valence-electron chi connectivity index (χ4n) is 7.32. The molecule has 0 bridgehead atoms. The van der Waals surface area contributed by atoms with E-state index < -0.39 is 152 Å². The SMILES string of the molecule is O=C(C=Cc1ccc(O)cc1)OC1C(OC2C(Oc3c(-c4ccc(O)cc4)oc4cc(OC5OC(CO)C(O)C(O)C5O)cc(O)c4c3=O)OC(CO)C(O)C2O)OC(CO)C(O)C1O. The molecule has 23 nitrogen and oxygen atoms in total. The van der Waals surface area contributed by atoms with Crippen molar-refractivity contribution in [3.63, 3.8) is 0 Å². The Balaban J connectivity index is 1.25. The average molecular weight is 919 g/mol. The van der Waals surface area contributed by atoms with E-state index in [9.17, 15) is 76.0 Å². The molecule has 1 aromatic heterocycles. The summed E-state index contributed by atoms with van der Waals surface area (Å²) in [7, 11) is 0. The first kappa shape index (κ1) is 47.5. The van der Waals surface area contributed by atoms with Crippen LogP contribution in [0.5, 0.6) is 28.7 Å². The third-order valence-electron chi connectivity index (χ3n) is 10.9. The minimum atomic E-state index is -2.10. The fraction of sp³-hybridized carbons (Fsp3) is 0.429. The van der Waals surface area contributed by atoms with E-state index in [2.05, 4.69) is 0 Å². The highest BCUT2D eigenvalue weighted by Gasteiger charge is 2.53. The van der Waals surface area contributed by atoms with Crippen molar-refractivity contribution in [1.29, 1.82) is 0 Å². The summed E-state index contributed by atoms with van der Waals surface area (Å²) in [5.41, 5.74) is -1.04. The maximum Gasteiger partial charge on any atom is 0.331 e. The predicted molar refractivity (Wildman–Crippen MR) is 214 cm³/mol. The molecule has 0 amide bonds. The fourth-order valence-corrected chi connectivity index (χ4v) is 7.32. The monoisotopic (exact) mass is 918 g/mol. The molecule has 0 saturated carbocycles. The van der Waals surface area contributed by atoms with Gasteiger partial charge in [0, 0.05) is 23.8 Å². The molecule has 15 unspecified atom stereocenters. The van der Waals surface area contributed by atoms with Gasteiger partial charge in [0.15, 0.2) is 24.3 Å². The summed E-state index contributed by atoms with van der Waals surface area (Å²) in [6.07, 6.45) is -25.4. The molecule has 65 heavy (non-hydrogen) atoms. The Labute approximate surface area is 365 Å². The van der Waals surface area contributed by atoms with Gasteiger partial charge in [-0.3, -0.25) is 4.79 Å². The lowest BCUT2D eigenvalue weighted by atomic mass is 9.97. The van der Waals surface area contributed by atoms with E-state index in [0.717, 1.165) is 18.2 Å². The Morgan fingerprint density at radius 2 is 1.15 bits per heavy atom. The Bertz CT molecular complexity index is 2350. The summed E-state index contributed by atoms with van der Waals surface area (Å²) < 4.78 is 46.0. The van der Waals surface area contributed by atoms with E-state index in [4.69, 9.17) is 37.6 Å². The van der Waals surface area contributed by atoms with Crippen LogP contribution in [0.15, 0.2) is 76.0 Å². The molecule has 0 radical (unpaired) electrons. The van der Waals surface area contributed by atoms with Crippen LogP contribution in [0.4, 0.5) is 0 Å². The van der Waals surface area contributed by atoms with Crippen LogP contribution in [0.1, 0.15) is 5.56 Å². The average Bonchev–Trinajstić information content (AvgIpc) is 3.29. The number of fused-ring (bicyclic) bond motifs is 1. The number of esters is 1. The maximum absolute atomic E-state index is 14.5. The molecule has 23 heteroatoms. The number of benzene rings is 3. The summed E-state index contributed by atoms with van der Waals surface area (Å²) >= 11 is 0. The van der Waals surface area contributed by atoms with Gasteiger partial charge in [-0.15, -0.1) is 0 Å². The molecule has 3 fully saturated rings. The number of carbonyl (C=O) groups is 1. The summed E-state index contributed by atoms with van der Waals surface area (Å²) in [6.45, 7) is -2.63. The van der Waals surface area contributed by atoms with Crippen LogP contribution in [0, 0.1) is 0 Å². The van der Waals surface area contributed by atoms with Crippen molar-refractivity contribution < 1.29 is 109 Å². The van der Waals surface area contributed by atoms with Gasteiger partial charge in [0.25, 0.3) is 0 Å². The molecular formula is C42H46O23. The van der Waals surface area contributed by atoms with E-state index >= 15 is 0 Å². The van der Waals surface area contributed by atoms with Crippen LogP contribution < -0.4 is 14.9 Å². The topological polar surface area (TPSA) is 375 Å². The van der Waals surface area contributed by atoms with Crippen LogP contribution in [0.3, 0.4) is 0 Å². The number of phenolic OH excluding ortho intramolecular Hbond substituents is 3. The minimum absolute atomic E-state index is 0.0370. The van der Waals surface area contributed by atoms with E-state index in [0.29, 0.717) is 5.56 Å². The van der Waals surface area contributed by atoms with E-state index in [1.165, 1.54) is 54.6 Å². The molecule has 4 aromatic rings. The van der Waals surface area contributed by atoms with Crippen LogP contribution >= 0.6 is 0 Å². The number of aliphatic hydroxyl groups is 10. The van der Waals surface area contributed by atoms with Gasteiger partial charge in [-0.05, 0) is 48.0 Å². The molecule has 0 aliphatic carbocycles. The van der Waals surface area contributed by atoms with Crippen LogP contribution in [-0.2, 0) is 28.5 Å². The number of rotatable bonds is 13. The van der Waals surface area contributed by atoms with Crippen molar-refractivity contribution in [2.24, 2.45) is 0 Å². The third-order valence-corrected chi connectivity index (χ3v) is 10.9. The molecule has 4 heterocycles. The number of phenols is 3. The molecule has 352 valence electrons. The second-order valence-electron chi connectivity index (χ2n) is 15.2. The molecule has 13 N–H and O–H groups in total. The summed E-state index contributed by atoms with van der Waals surface area (Å²) in [6, 6.07) is 12.6. The Morgan fingerprint density at radius 3 is 1.75 bits per heavy atom. The van der Waals surface area contributed by atoms with Gasteiger partial charge in [0.1, 0.15) is 95.0 Å². The van der Waals surface area contributed by atoms with Crippen molar-refractivity contribution in [3.8, 4) is 40.1 Å². The van der Waals surface area contributed by atoms with Crippen molar-refractivity contribution in [2.45, 2.75) is 92.1 Å². The number of aliphatic hydroxyl groups excluding tert-OH is 10. The third kappa shape index (κ3) is 9.89. The number of ether oxygens (including phenoxy) is 7. The van der Waals surface area contributed by atoms with Crippen molar-refractivity contribution >= 4 is 23.0 Å². The molecule has 3 aliphatic heterocycles. The number of carbonyl (C=O) groups excluding carboxylic acids is 1. The van der Waals surface area contributed by atoms with Crippen molar-refractivity contribution in [2.75, 3.05) is 19.8 Å². The normalized spacial score (nSPS) is 32.9. The Kier molecular flexibility index (Phi) is 14.6. The van der Waals surface area contributed by atoms with Gasteiger partial charge in [-0.1, -0.05) is 12.1 Å². The van der Waals surface area contributed by atoms with Crippen molar-refractivity contribution in [3.05, 3.63) is 82.5 Å². The predicted octanol–water partition coefficient (Wildman–Crippen LogP) is -2.98. The summed E-state index contributed by atoms with van der Waals surface area (Å²) in [5.74, 6) is -3.71. The summed E-state index contributed by atoms with van der Waals surface area (Å²) in [4.78, 5) is 27.5. The van der Waals surface area contributed by atoms with Gasteiger partial charge in [-0.25, -0.2) is 4.79 Å². The highest BCUT2D eigenvalue weighted by Crippen LogP contribution is 2.39. The van der Waals surface area contributed by atoms with Gasteiger partial charge in [-0.2, -0.15) is 0 Å². The van der Waals surface area contributed by atoms with E-state index in [1.54, 1.807) is 0 Å². The molecule has 15 atom stereocenters. The van der Waals surface area contributed by atoms with E-state index in [-0.39, 0.29) is 22.8 Å². The minimum Gasteiger partial charge on any atom is -0.508 e.